The fourth-order valence-electron chi connectivity index (χ4n) is 1.92. The molecule has 0 aliphatic heterocycles. The minimum Gasteiger partial charge on any atom is -0.335 e. The summed E-state index contributed by atoms with van der Waals surface area (Å²) in [5, 5.41) is 4.51. The van der Waals surface area contributed by atoms with Crippen LogP contribution in [0.2, 0.25) is 0 Å². The van der Waals surface area contributed by atoms with E-state index in [4.69, 9.17) is 0 Å². The van der Waals surface area contributed by atoms with E-state index in [0.29, 0.717) is 0 Å². The molecule has 20 heavy (non-hydrogen) atoms. The van der Waals surface area contributed by atoms with E-state index in [0.717, 1.165) is 23.3 Å². The van der Waals surface area contributed by atoms with Crippen molar-refractivity contribution in [3.05, 3.63) is 29.8 Å². The van der Waals surface area contributed by atoms with Crippen molar-refractivity contribution in [1.82, 2.24) is 0 Å². The van der Waals surface area contributed by atoms with E-state index in [2.05, 4.69) is 62.3 Å². The van der Waals surface area contributed by atoms with Crippen LogP contribution in [-0.4, -0.2) is 17.5 Å². The first-order valence-electron chi connectivity index (χ1n) is 7.54. The Hall–Kier alpha value is -0.960. The third-order valence-corrected chi connectivity index (χ3v) is 4.60. The van der Waals surface area contributed by atoms with Gasteiger partial charge >= 0.3 is 0 Å². The number of hydrogen-bond acceptors (Lipinski definition) is 2. The second kappa shape index (κ2) is 6.66. The van der Waals surface area contributed by atoms with Gasteiger partial charge in [0.05, 0.1) is 0 Å². The third-order valence-electron chi connectivity index (χ3n) is 3.46. The fourth-order valence-corrected chi connectivity index (χ4v) is 3.06. The lowest BCUT2D eigenvalue weighted by molar-refractivity contribution is 0.590. The molecular weight excluding hydrogens is 264 g/mol. The van der Waals surface area contributed by atoms with Crippen LogP contribution in [0.25, 0.3) is 0 Å². The Kier molecular flexibility index (Phi) is 5.14. The number of thioether (sulfide) groups is 1. The molecule has 1 aliphatic carbocycles. The van der Waals surface area contributed by atoms with Gasteiger partial charge in [-0.25, -0.2) is 0 Å². The second-order valence-electron chi connectivity index (χ2n) is 6.49. The van der Waals surface area contributed by atoms with Crippen molar-refractivity contribution >= 4 is 22.6 Å². The molecule has 0 spiro atoms. The number of benzene rings is 1. The predicted molar refractivity (Wildman–Crippen MR) is 91.9 cm³/mol. The van der Waals surface area contributed by atoms with Gasteiger partial charge < -0.3 is 5.32 Å². The molecule has 1 aliphatic rings. The summed E-state index contributed by atoms with van der Waals surface area (Å²) >= 11 is 1.86. The maximum Gasteiger partial charge on any atom is 0.161 e. The van der Waals surface area contributed by atoms with Crippen LogP contribution in [0.1, 0.15) is 46.1 Å². The van der Waals surface area contributed by atoms with Crippen molar-refractivity contribution < 1.29 is 0 Å². The number of nitrogens with one attached hydrogen (secondary N) is 1. The Morgan fingerprint density at radius 3 is 2.40 bits per heavy atom. The van der Waals surface area contributed by atoms with Crippen molar-refractivity contribution in [2.45, 2.75) is 46.0 Å². The van der Waals surface area contributed by atoms with Gasteiger partial charge in [0.1, 0.15) is 0 Å². The summed E-state index contributed by atoms with van der Waals surface area (Å²) in [5.74, 6) is 2.12. The zero-order valence-electron chi connectivity index (χ0n) is 13.1. The van der Waals surface area contributed by atoms with E-state index in [1.807, 2.05) is 11.8 Å². The lowest BCUT2D eigenvalue weighted by atomic mass is 9.87. The van der Waals surface area contributed by atoms with Crippen LogP contribution in [0.5, 0.6) is 0 Å². The van der Waals surface area contributed by atoms with E-state index in [1.54, 1.807) is 0 Å². The normalized spacial score (nSPS) is 16.3. The first-order valence-corrected chi connectivity index (χ1v) is 8.52. The largest absolute Gasteiger partial charge is 0.335 e. The Morgan fingerprint density at radius 2 is 1.90 bits per heavy atom. The second-order valence-corrected chi connectivity index (χ2v) is 7.49. The van der Waals surface area contributed by atoms with Gasteiger partial charge in [-0.15, -0.1) is 0 Å². The smallest absolute Gasteiger partial charge is 0.161 e. The molecule has 1 fully saturated rings. The van der Waals surface area contributed by atoms with Gasteiger partial charge in [0.15, 0.2) is 5.17 Å². The number of hydrogen-bond donors (Lipinski definition) is 1. The van der Waals surface area contributed by atoms with Gasteiger partial charge in [0.25, 0.3) is 0 Å². The monoisotopic (exact) mass is 290 g/mol. The SMILES string of the molecule is CCN=C(Nc1ccc(C(C)(C)C)cc1)SCC1CC1. The van der Waals surface area contributed by atoms with Gasteiger partial charge in [-0.3, -0.25) is 4.99 Å². The molecule has 0 aromatic heterocycles. The maximum atomic E-state index is 4.56. The zero-order valence-corrected chi connectivity index (χ0v) is 13.9. The summed E-state index contributed by atoms with van der Waals surface area (Å²) in [5.41, 5.74) is 2.70. The predicted octanol–water partition coefficient (Wildman–Crippen LogP) is 4.92. The molecule has 0 amide bonds. The average Bonchev–Trinajstić information content (AvgIpc) is 3.20. The Morgan fingerprint density at radius 1 is 1.25 bits per heavy atom. The molecule has 0 bridgehead atoms. The minimum atomic E-state index is 0.208. The number of rotatable bonds is 4. The topological polar surface area (TPSA) is 24.4 Å². The molecule has 0 saturated heterocycles. The van der Waals surface area contributed by atoms with Crippen molar-refractivity contribution in [3.8, 4) is 0 Å². The fraction of sp³-hybridized carbons (Fsp3) is 0.588. The zero-order chi connectivity index (χ0) is 14.6. The summed E-state index contributed by atoms with van der Waals surface area (Å²) in [6.07, 6.45) is 2.79. The van der Waals surface area contributed by atoms with Gasteiger partial charge in [-0.2, -0.15) is 0 Å². The van der Waals surface area contributed by atoms with Crippen LogP contribution in [0.3, 0.4) is 0 Å². The lowest BCUT2D eigenvalue weighted by Gasteiger charge is -2.19. The summed E-state index contributed by atoms with van der Waals surface area (Å²) in [6, 6.07) is 8.72. The number of anilines is 1. The molecule has 0 unspecified atom stereocenters. The van der Waals surface area contributed by atoms with Crippen LogP contribution in [0, 0.1) is 5.92 Å². The molecule has 3 heteroatoms. The first-order chi connectivity index (χ1) is 9.49. The molecule has 1 aromatic carbocycles. The van der Waals surface area contributed by atoms with Crippen LogP contribution in [-0.2, 0) is 5.41 Å². The molecule has 1 saturated carbocycles. The van der Waals surface area contributed by atoms with Crippen molar-refractivity contribution in [2.75, 3.05) is 17.6 Å². The van der Waals surface area contributed by atoms with E-state index in [9.17, 15) is 0 Å². The van der Waals surface area contributed by atoms with Gasteiger partial charge in [0, 0.05) is 18.0 Å². The minimum absolute atomic E-state index is 0.208. The molecule has 0 heterocycles. The standard InChI is InChI=1S/C17H26N2S/c1-5-18-16(20-12-13-6-7-13)19-15-10-8-14(9-11-15)17(2,3)4/h8-11,13H,5-7,12H2,1-4H3,(H,18,19). The van der Waals surface area contributed by atoms with Crippen molar-refractivity contribution in [3.63, 3.8) is 0 Å². The Labute approximate surface area is 127 Å². The highest BCUT2D eigenvalue weighted by atomic mass is 32.2. The molecule has 0 atom stereocenters. The molecule has 110 valence electrons. The van der Waals surface area contributed by atoms with Gasteiger partial charge in [-0.05, 0) is 48.8 Å². The lowest BCUT2D eigenvalue weighted by Crippen LogP contribution is -2.12. The van der Waals surface area contributed by atoms with E-state index < -0.39 is 0 Å². The first kappa shape index (κ1) is 15.4. The van der Waals surface area contributed by atoms with Gasteiger partial charge in [-0.1, -0.05) is 44.7 Å². The van der Waals surface area contributed by atoms with Crippen LogP contribution in [0.4, 0.5) is 5.69 Å². The summed E-state index contributed by atoms with van der Waals surface area (Å²) in [4.78, 5) is 4.56. The quantitative estimate of drug-likeness (QED) is 0.629. The molecule has 1 aromatic rings. The molecule has 2 rings (SSSR count). The Bertz CT molecular complexity index is 453. The van der Waals surface area contributed by atoms with Gasteiger partial charge in [0.2, 0.25) is 0 Å². The number of aliphatic imine (C=N–C) groups is 1. The van der Waals surface area contributed by atoms with Crippen LogP contribution < -0.4 is 5.32 Å². The highest BCUT2D eigenvalue weighted by molar-refractivity contribution is 8.14. The number of nitrogens with zero attached hydrogens (tertiary/aromatic N) is 1. The molecular formula is C17H26N2S. The summed E-state index contributed by atoms with van der Waals surface area (Å²) < 4.78 is 0. The third kappa shape index (κ3) is 4.86. The van der Waals surface area contributed by atoms with E-state index >= 15 is 0 Å². The van der Waals surface area contributed by atoms with Crippen molar-refractivity contribution in [1.29, 1.82) is 0 Å². The summed E-state index contributed by atoms with van der Waals surface area (Å²) in [7, 11) is 0. The molecule has 1 N–H and O–H groups in total. The molecule has 0 radical (unpaired) electrons. The van der Waals surface area contributed by atoms with E-state index in [-0.39, 0.29) is 5.41 Å². The van der Waals surface area contributed by atoms with Crippen molar-refractivity contribution in [2.24, 2.45) is 10.9 Å². The number of amidine groups is 1. The highest BCUT2D eigenvalue weighted by Gasteiger charge is 2.22. The average molecular weight is 290 g/mol. The Balaban J connectivity index is 1.96. The van der Waals surface area contributed by atoms with Crippen LogP contribution in [0.15, 0.2) is 29.3 Å². The van der Waals surface area contributed by atoms with Crippen LogP contribution >= 0.6 is 11.8 Å². The maximum absolute atomic E-state index is 4.56. The van der Waals surface area contributed by atoms with E-state index in [1.165, 1.54) is 24.2 Å². The highest BCUT2D eigenvalue weighted by Crippen LogP contribution is 2.33. The molecule has 2 nitrogen and oxygen atoms in total. The summed E-state index contributed by atoms with van der Waals surface area (Å²) in [6.45, 7) is 9.64.